The molecular formula is C16H16BrClO2. The first-order valence-electron chi connectivity index (χ1n) is 6.45. The van der Waals surface area contributed by atoms with E-state index in [0.717, 1.165) is 21.3 Å². The monoisotopic (exact) mass is 354 g/mol. The van der Waals surface area contributed by atoms with Gasteiger partial charge in [0.25, 0.3) is 0 Å². The number of hydrogen-bond acceptors (Lipinski definition) is 2. The minimum Gasteiger partial charge on any atom is -0.493 e. The molecule has 4 heteroatoms. The summed E-state index contributed by atoms with van der Waals surface area (Å²) >= 11 is 9.57. The molecule has 0 bridgehead atoms. The number of benzene rings is 2. The fourth-order valence-electron chi connectivity index (χ4n) is 1.99. The molecule has 0 aromatic heterocycles. The summed E-state index contributed by atoms with van der Waals surface area (Å²) in [6.07, 6.45) is -0.109. The van der Waals surface area contributed by atoms with Gasteiger partial charge in [0.05, 0.1) is 17.2 Å². The lowest BCUT2D eigenvalue weighted by Gasteiger charge is -2.14. The van der Waals surface area contributed by atoms with E-state index in [4.69, 9.17) is 16.3 Å². The molecule has 106 valence electrons. The molecule has 2 rings (SSSR count). The van der Waals surface area contributed by atoms with Crippen LogP contribution >= 0.6 is 27.5 Å². The molecule has 1 unspecified atom stereocenters. The Morgan fingerprint density at radius 1 is 1.25 bits per heavy atom. The molecule has 0 fully saturated rings. The Morgan fingerprint density at radius 3 is 2.65 bits per heavy atom. The quantitative estimate of drug-likeness (QED) is 0.836. The molecule has 0 aliphatic heterocycles. The van der Waals surface area contributed by atoms with Crippen molar-refractivity contribution in [2.24, 2.45) is 0 Å². The lowest BCUT2D eigenvalue weighted by Crippen LogP contribution is -2.03. The second kappa shape index (κ2) is 7.11. The van der Waals surface area contributed by atoms with Gasteiger partial charge in [0.2, 0.25) is 0 Å². The summed E-state index contributed by atoms with van der Waals surface area (Å²) in [4.78, 5) is 0. The van der Waals surface area contributed by atoms with Crippen molar-refractivity contribution in [2.75, 3.05) is 6.61 Å². The summed E-state index contributed by atoms with van der Waals surface area (Å²) < 4.78 is 6.30. The van der Waals surface area contributed by atoms with E-state index in [0.29, 0.717) is 18.1 Å². The van der Waals surface area contributed by atoms with Gasteiger partial charge in [0.1, 0.15) is 5.75 Å². The number of aliphatic hydroxyl groups excluding tert-OH is 1. The van der Waals surface area contributed by atoms with E-state index in [9.17, 15) is 5.11 Å². The first kappa shape index (κ1) is 15.4. The van der Waals surface area contributed by atoms with Crippen LogP contribution in [-0.4, -0.2) is 11.7 Å². The largest absolute Gasteiger partial charge is 0.493 e. The van der Waals surface area contributed by atoms with Gasteiger partial charge in [-0.1, -0.05) is 35.9 Å². The highest BCUT2D eigenvalue weighted by atomic mass is 79.9. The lowest BCUT2D eigenvalue weighted by molar-refractivity contribution is 0.178. The van der Waals surface area contributed by atoms with Crippen LogP contribution in [0.5, 0.6) is 5.75 Å². The Bertz CT molecular complexity index is 586. The average Bonchev–Trinajstić information content (AvgIpc) is 2.43. The van der Waals surface area contributed by atoms with Crippen LogP contribution in [-0.2, 0) is 6.42 Å². The Kier molecular flexibility index (Phi) is 5.46. The van der Waals surface area contributed by atoms with Crippen LogP contribution in [0.15, 0.2) is 46.9 Å². The maximum Gasteiger partial charge on any atom is 0.133 e. The Morgan fingerprint density at radius 2 is 2.00 bits per heavy atom. The molecule has 0 amide bonds. The topological polar surface area (TPSA) is 29.5 Å². The summed E-state index contributed by atoms with van der Waals surface area (Å²) in [5.41, 5.74) is 1.77. The van der Waals surface area contributed by atoms with Gasteiger partial charge in [-0.3, -0.25) is 0 Å². The fraction of sp³-hybridized carbons (Fsp3) is 0.250. The molecule has 0 spiro atoms. The summed E-state index contributed by atoms with van der Waals surface area (Å²) in [6, 6.07) is 13.2. The Balaban J connectivity index is 2.15. The van der Waals surface area contributed by atoms with Gasteiger partial charge in [0.15, 0.2) is 0 Å². The van der Waals surface area contributed by atoms with Crippen molar-refractivity contribution in [2.45, 2.75) is 19.4 Å². The van der Waals surface area contributed by atoms with E-state index < -0.39 is 6.10 Å². The first-order valence-corrected chi connectivity index (χ1v) is 7.62. The first-order chi connectivity index (χ1) is 9.61. The third-order valence-electron chi connectivity index (χ3n) is 3.01. The van der Waals surface area contributed by atoms with E-state index in [1.807, 2.05) is 49.4 Å². The molecule has 0 saturated carbocycles. The molecule has 0 radical (unpaired) electrons. The van der Waals surface area contributed by atoms with Crippen molar-refractivity contribution in [3.05, 3.63) is 63.1 Å². The van der Waals surface area contributed by atoms with Crippen LogP contribution in [0.2, 0.25) is 5.02 Å². The molecule has 1 atom stereocenters. The second-order valence-electron chi connectivity index (χ2n) is 4.43. The van der Waals surface area contributed by atoms with Crippen LogP contribution in [0.4, 0.5) is 0 Å². The summed E-state index contributed by atoms with van der Waals surface area (Å²) in [5, 5.41) is 11.0. The second-order valence-corrected chi connectivity index (χ2v) is 5.70. The van der Waals surface area contributed by atoms with Gasteiger partial charge in [-0.2, -0.15) is 0 Å². The molecule has 20 heavy (non-hydrogen) atoms. The number of rotatable bonds is 5. The van der Waals surface area contributed by atoms with E-state index in [2.05, 4.69) is 15.9 Å². The van der Waals surface area contributed by atoms with Crippen molar-refractivity contribution in [3.63, 3.8) is 0 Å². The van der Waals surface area contributed by atoms with Gasteiger partial charge in [-0.25, -0.2) is 0 Å². The molecule has 2 aromatic carbocycles. The predicted octanol–water partition coefficient (Wildman–Crippen LogP) is 4.78. The normalized spacial score (nSPS) is 12.2. The SMILES string of the molecule is CCOc1ccc(C(O)Cc2ccccc2Cl)cc1Br. The molecule has 2 aromatic rings. The third kappa shape index (κ3) is 3.75. The van der Waals surface area contributed by atoms with Crippen LogP contribution in [0.3, 0.4) is 0 Å². The molecule has 0 aliphatic carbocycles. The third-order valence-corrected chi connectivity index (χ3v) is 4.00. The van der Waals surface area contributed by atoms with Gasteiger partial charge in [0, 0.05) is 11.4 Å². The maximum atomic E-state index is 10.3. The average molecular weight is 356 g/mol. The number of halogens is 2. The predicted molar refractivity (Wildman–Crippen MR) is 85.4 cm³/mol. The van der Waals surface area contributed by atoms with E-state index >= 15 is 0 Å². The van der Waals surface area contributed by atoms with Crippen LogP contribution in [0.25, 0.3) is 0 Å². The van der Waals surface area contributed by atoms with Gasteiger partial charge >= 0.3 is 0 Å². The van der Waals surface area contributed by atoms with E-state index in [1.165, 1.54) is 0 Å². The lowest BCUT2D eigenvalue weighted by atomic mass is 10.0. The Labute approximate surface area is 132 Å². The smallest absolute Gasteiger partial charge is 0.133 e. The number of aliphatic hydroxyl groups is 1. The molecule has 0 saturated heterocycles. The van der Waals surface area contributed by atoms with Gasteiger partial charge in [-0.05, 0) is 52.2 Å². The highest BCUT2D eigenvalue weighted by Gasteiger charge is 2.12. The summed E-state index contributed by atoms with van der Waals surface area (Å²) in [7, 11) is 0. The number of hydrogen-bond donors (Lipinski definition) is 1. The zero-order valence-electron chi connectivity index (χ0n) is 11.1. The van der Waals surface area contributed by atoms with Crippen molar-refractivity contribution in [1.82, 2.24) is 0 Å². The van der Waals surface area contributed by atoms with Crippen LogP contribution < -0.4 is 4.74 Å². The fourth-order valence-corrected chi connectivity index (χ4v) is 2.71. The van der Waals surface area contributed by atoms with Crippen molar-refractivity contribution in [1.29, 1.82) is 0 Å². The zero-order valence-corrected chi connectivity index (χ0v) is 13.5. The molecule has 0 heterocycles. The Hall–Kier alpha value is -1.03. The minimum absolute atomic E-state index is 0.486. The van der Waals surface area contributed by atoms with Crippen molar-refractivity contribution >= 4 is 27.5 Å². The van der Waals surface area contributed by atoms with Crippen molar-refractivity contribution in [3.8, 4) is 5.75 Å². The standard InChI is InChI=1S/C16H16BrClO2/c1-2-20-16-8-7-12(9-13(16)17)15(19)10-11-5-3-4-6-14(11)18/h3-9,15,19H,2,10H2,1H3. The molecule has 0 aliphatic rings. The minimum atomic E-state index is -0.595. The molecule has 1 N–H and O–H groups in total. The van der Waals surface area contributed by atoms with E-state index in [1.54, 1.807) is 0 Å². The number of ether oxygens (including phenoxy) is 1. The highest BCUT2D eigenvalue weighted by molar-refractivity contribution is 9.10. The summed E-state index contributed by atoms with van der Waals surface area (Å²) in [5.74, 6) is 0.779. The zero-order chi connectivity index (χ0) is 14.5. The van der Waals surface area contributed by atoms with Gasteiger partial charge in [-0.15, -0.1) is 0 Å². The molecular weight excluding hydrogens is 340 g/mol. The summed E-state index contributed by atoms with van der Waals surface area (Å²) in [6.45, 7) is 2.55. The van der Waals surface area contributed by atoms with Crippen LogP contribution in [0.1, 0.15) is 24.2 Å². The highest BCUT2D eigenvalue weighted by Crippen LogP contribution is 2.30. The van der Waals surface area contributed by atoms with Crippen molar-refractivity contribution < 1.29 is 9.84 Å². The molecule has 2 nitrogen and oxygen atoms in total. The van der Waals surface area contributed by atoms with E-state index in [-0.39, 0.29) is 0 Å². The maximum absolute atomic E-state index is 10.3. The van der Waals surface area contributed by atoms with Gasteiger partial charge < -0.3 is 9.84 Å². The van der Waals surface area contributed by atoms with Crippen LogP contribution in [0, 0.1) is 0 Å².